The molecule has 5 heteroatoms. The molecule has 2 aliphatic rings. The van der Waals surface area contributed by atoms with Gasteiger partial charge in [-0.1, -0.05) is 0 Å². The summed E-state index contributed by atoms with van der Waals surface area (Å²) in [6.45, 7) is 3.47. The number of nitrogens with one attached hydrogen (secondary N) is 1. The lowest BCUT2D eigenvalue weighted by Gasteiger charge is -2.15. The van der Waals surface area contributed by atoms with Crippen LogP contribution in [0.3, 0.4) is 0 Å². The van der Waals surface area contributed by atoms with E-state index in [1.54, 1.807) is 12.4 Å². The van der Waals surface area contributed by atoms with E-state index in [9.17, 15) is 0 Å². The Labute approximate surface area is 101 Å². The van der Waals surface area contributed by atoms with Gasteiger partial charge >= 0.3 is 0 Å². The van der Waals surface area contributed by atoms with Crippen molar-refractivity contribution >= 4 is 11.6 Å². The minimum absolute atomic E-state index is 0.473. The van der Waals surface area contributed by atoms with Gasteiger partial charge in [0.2, 0.25) is 0 Å². The Hall–Kier alpha value is -1.36. The maximum atomic E-state index is 5.59. The van der Waals surface area contributed by atoms with Crippen molar-refractivity contribution in [2.45, 2.75) is 25.3 Å². The summed E-state index contributed by atoms with van der Waals surface area (Å²) in [5.74, 6) is 2.00. The van der Waals surface area contributed by atoms with Crippen LogP contribution in [0.15, 0.2) is 12.4 Å². The van der Waals surface area contributed by atoms with Gasteiger partial charge in [-0.3, -0.25) is 4.98 Å². The van der Waals surface area contributed by atoms with Crippen molar-refractivity contribution in [3.05, 3.63) is 12.4 Å². The number of anilines is 2. The number of aromatic nitrogens is 2. The molecule has 17 heavy (non-hydrogen) atoms. The average molecular weight is 233 g/mol. The Morgan fingerprint density at radius 2 is 2.24 bits per heavy atom. The summed E-state index contributed by atoms with van der Waals surface area (Å²) in [7, 11) is 0. The third kappa shape index (κ3) is 2.66. The van der Waals surface area contributed by atoms with E-state index in [0.717, 1.165) is 24.3 Å². The maximum absolute atomic E-state index is 5.59. The smallest absolute Gasteiger partial charge is 0.146 e. The zero-order chi connectivity index (χ0) is 11.7. The highest BCUT2D eigenvalue weighted by Crippen LogP contribution is 2.31. The predicted molar refractivity (Wildman–Crippen MR) is 67.6 cm³/mol. The lowest BCUT2D eigenvalue weighted by atomic mass is 10.1. The van der Waals surface area contributed by atoms with Crippen LogP contribution < -0.4 is 11.1 Å². The molecule has 0 bridgehead atoms. The third-order valence-corrected chi connectivity index (χ3v) is 3.61. The van der Waals surface area contributed by atoms with Crippen molar-refractivity contribution in [2.75, 3.05) is 30.7 Å². The zero-order valence-corrected chi connectivity index (χ0v) is 9.97. The van der Waals surface area contributed by atoms with E-state index < -0.39 is 0 Å². The van der Waals surface area contributed by atoms with E-state index in [1.807, 2.05) is 0 Å². The maximum Gasteiger partial charge on any atom is 0.146 e. The highest BCUT2D eigenvalue weighted by molar-refractivity contribution is 5.38. The topological polar surface area (TPSA) is 67.1 Å². The van der Waals surface area contributed by atoms with Crippen molar-refractivity contribution in [3.8, 4) is 0 Å². The van der Waals surface area contributed by atoms with Crippen LogP contribution in [0, 0.1) is 5.92 Å². The number of nitrogens with zero attached hydrogens (tertiary/aromatic N) is 3. The van der Waals surface area contributed by atoms with Crippen molar-refractivity contribution in [1.29, 1.82) is 0 Å². The molecule has 0 amide bonds. The third-order valence-electron chi connectivity index (χ3n) is 3.61. The first-order valence-electron chi connectivity index (χ1n) is 6.37. The van der Waals surface area contributed by atoms with Gasteiger partial charge in [0.25, 0.3) is 0 Å². The minimum Gasteiger partial charge on any atom is -0.382 e. The normalized spacial score (nSPS) is 25.1. The number of nitrogen functional groups attached to an aromatic ring is 1. The fraction of sp³-hybridized carbons (Fsp3) is 0.667. The van der Waals surface area contributed by atoms with Gasteiger partial charge in [0.1, 0.15) is 11.6 Å². The summed E-state index contributed by atoms with van der Waals surface area (Å²) < 4.78 is 0. The molecule has 1 unspecified atom stereocenters. The van der Waals surface area contributed by atoms with E-state index >= 15 is 0 Å². The van der Waals surface area contributed by atoms with Gasteiger partial charge in [-0.25, -0.2) is 4.98 Å². The molecule has 1 atom stereocenters. The molecule has 1 aromatic rings. The van der Waals surface area contributed by atoms with Crippen LogP contribution in [-0.4, -0.2) is 40.5 Å². The van der Waals surface area contributed by atoms with Gasteiger partial charge < -0.3 is 16.0 Å². The van der Waals surface area contributed by atoms with E-state index in [0.29, 0.717) is 5.82 Å². The second-order valence-electron chi connectivity index (χ2n) is 5.09. The Balaban J connectivity index is 1.48. The molecule has 3 N–H and O–H groups in total. The van der Waals surface area contributed by atoms with E-state index in [1.165, 1.54) is 32.4 Å². The van der Waals surface area contributed by atoms with Gasteiger partial charge in [-0.2, -0.15) is 0 Å². The first kappa shape index (κ1) is 10.8. The number of hydrogen-bond acceptors (Lipinski definition) is 5. The summed E-state index contributed by atoms with van der Waals surface area (Å²) in [6.07, 6.45) is 7.39. The molecule has 0 radical (unpaired) electrons. The quantitative estimate of drug-likeness (QED) is 0.810. The van der Waals surface area contributed by atoms with E-state index in [-0.39, 0.29) is 0 Å². The van der Waals surface area contributed by atoms with Crippen LogP contribution in [-0.2, 0) is 0 Å². The SMILES string of the molecule is Nc1cncc(NCC2CCN(C3CC3)C2)n1. The second-order valence-corrected chi connectivity index (χ2v) is 5.09. The fourth-order valence-corrected chi connectivity index (χ4v) is 2.52. The molecule has 2 heterocycles. The Bertz CT molecular complexity index is 390. The standard InChI is InChI=1S/C12H19N5/c13-11-6-14-7-12(16-11)15-5-9-3-4-17(8-9)10-1-2-10/h6-7,9-10H,1-5,8H2,(H3,13,15,16). The molecule has 1 aromatic heterocycles. The largest absolute Gasteiger partial charge is 0.382 e. The van der Waals surface area contributed by atoms with Gasteiger partial charge in [-0.05, 0) is 31.7 Å². The van der Waals surface area contributed by atoms with Crippen LogP contribution >= 0.6 is 0 Å². The molecule has 1 saturated carbocycles. The minimum atomic E-state index is 0.473. The molecule has 92 valence electrons. The zero-order valence-electron chi connectivity index (χ0n) is 9.97. The summed E-state index contributed by atoms with van der Waals surface area (Å²) in [4.78, 5) is 10.8. The van der Waals surface area contributed by atoms with Gasteiger partial charge in [0.15, 0.2) is 0 Å². The Morgan fingerprint density at radius 1 is 1.35 bits per heavy atom. The van der Waals surface area contributed by atoms with E-state index in [2.05, 4.69) is 20.2 Å². The molecule has 5 nitrogen and oxygen atoms in total. The molecule has 1 saturated heterocycles. The number of rotatable bonds is 4. The molecule has 1 aliphatic heterocycles. The molecule has 2 fully saturated rings. The summed E-state index contributed by atoms with van der Waals surface area (Å²) in [5.41, 5.74) is 5.59. The molecule has 1 aliphatic carbocycles. The molecular weight excluding hydrogens is 214 g/mol. The first-order valence-corrected chi connectivity index (χ1v) is 6.37. The van der Waals surface area contributed by atoms with Crippen molar-refractivity contribution in [1.82, 2.24) is 14.9 Å². The van der Waals surface area contributed by atoms with E-state index in [4.69, 9.17) is 5.73 Å². The highest BCUT2D eigenvalue weighted by Gasteiger charge is 2.34. The van der Waals surface area contributed by atoms with Crippen LogP contribution in [0.5, 0.6) is 0 Å². The van der Waals surface area contributed by atoms with Crippen molar-refractivity contribution in [3.63, 3.8) is 0 Å². The molecule has 3 rings (SSSR count). The van der Waals surface area contributed by atoms with Crippen LogP contribution in [0.1, 0.15) is 19.3 Å². The van der Waals surface area contributed by atoms with Crippen molar-refractivity contribution in [2.24, 2.45) is 5.92 Å². The molecule has 0 spiro atoms. The van der Waals surface area contributed by atoms with Gasteiger partial charge in [0, 0.05) is 19.1 Å². The number of nitrogens with two attached hydrogens (primary N) is 1. The second kappa shape index (κ2) is 4.49. The summed E-state index contributed by atoms with van der Waals surface area (Å²) in [5, 5.41) is 3.33. The Morgan fingerprint density at radius 3 is 3.00 bits per heavy atom. The number of likely N-dealkylation sites (tertiary alicyclic amines) is 1. The molecular formula is C12H19N5. The van der Waals surface area contributed by atoms with Crippen molar-refractivity contribution < 1.29 is 0 Å². The average Bonchev–Trinajstić information content (AvgIpc) is 3.07. The molecule has 0 aromatic carbocycles. The highest BCUT2D eigenvalue weighted by atomic mass is 15.2. The predicted octanol–water partition coefficient (Wildman–Crippen LogP) is 0.955. The lowest BCUT2D eigenvalue weighted by Crippen LogP contribution is -2.25. The Kier molecular flexibility index (Phi) is 2.84. The number of hydrogen-bond donors (Lipinski definition) is 2. The van der Waals surface area contributed by atoms with Crippen LogP contribution in [0.4, 0.5) is 11.6 Å². The summed E-state index contributed by atoms with van der Waals surface area (Å²) >= 11 is 0. The van der Waals surface area contributed by atoms with Gasteiger partial charge in [-0.15, -0.1) is 0 Å². The summed E-state index contributed by atoms with van der Waals surface area (Å²) in [6, 6.07) is 0.896. The fourth-order valence-electron chi connectivity index (χ4n) is 2.52. The monoisotopic (exact) mass is 233 g/mol. The first-order chi connectivity index (χ1) is 8.31. The van der Waals surface area contributed by atoms with Crippen LogP contribution in [0.2, 0.25) is 0 Å². The van der Waals surface area contributed by atoms with Gasteiger partial charge in [0.05, 0.1) is 12.4 Å². The van der Waals surface area contributed by atoms with Crippen LogP contribution in [0.25, 0.3) is 0 Å². The lowest BCUT2D eigenvalue weighted by molar-refractivity contribution is 0.316.